The summed E-state index contributed by atoms with van der Waals surface area (Å²) in [7, 11) is 0. The van der Waals surface area contributed by atoms with Gasteiger partial charge in [0.15, 0.2) is 0 Å². The molecule has 0 spiro atoms. The van der Waals surface area contributed by atoms with Crippen LogP contribution in [-0.4, -0.2) is 38.7 Å². The number of unbranched alkanes of at least 4 members (excludes halogenated alkanes) is 1. The molecular weight excluding hydrogens is 446 g/mol. The van der Waals surface area contributed by atoms with Gasteiger partial charge in [-0.3, -0.25) is 14.5 Å². The van der Waals surface area contributed by atoms with Crippen LogP contribution in [0.3, 0.4) is 0 Å². The maximum Gasteiger partial charge on any atom is 0.408 e. The highest BCUT2D eigenvalue weighted by molar-refractivity contribution is 5.89. The maximum absolute atomic E-state index is 13.8. The Labute approximate surface area is 208 Å². The summed E-state index contributed by atoms with van der Waals surface area (Å²) >= 11 is 0. The molecule has 0 fully saturated rings. The molecule has 194 valence electrons. The van der Waals surface area contributed by atoms with Crippen molar-refractivity contribution in [3.8, 4) is 5.75 Å². The Morgan fingerprint density at radius 2 is 1.77 bits per heavy atom. The number of pyridine rings is 1. The average molecular weight is 488 g/mol. The quantitative estimate of drug-likeness (QED) is 0.462. The van der Waals surface area contributed by atoms with E-state index in [1.807, 2.05) is 53.7 Å². The van der Waals surface area contributed by atoms with Crippen LogP contribution in [0.5, 0.6) is 5.75 Å². The van der Waals surface area contributed by atoms with Crippen LogP contribution in [-0.2, 0) is 24.3 Å². The number of rotatable bonds is 10. The number of nitrogens with two attached hydrogens (primary N) is 1. The highest BCUT2D eigenvalue weighted by Gasteiger charge is 2.30. The molecule has 0 radical (unpaired) electrons. The van der Waals surface area contributed by atoms with E-state index in [0.717, 1.165) is 18.4 Å². The van der Waals surface area contributed by atoms with Crippen LogP contribution in [0.15, 0.2) is 23.0 Å². The summed E-state index contributed by atoms with van der Waals surface area (Å²) in [6.45, 7) is 14.5. The first kappa shape index (κ1) is 28.2. The van der Waals surface area contributed by atoms with E-state index in [4.69, 9.17) is 10.5 Å². The molecule has 2 amide bonds. The van der Waals surface area contributed by atoms with Crippen molar-refractivity contribution >= 4 is 22.8 Å². The fourth-order valence-corrected chi connectivity index (χ4v) is 3.95. The summed E-state index contributed by atoms with van der Waals surface area (Å²) in [4.78, 5) is 38.6. The van der Waals surface area contributed by atoms with Crippen LogP contribution in [0.25, 0.3) is 10.8 Å². The predicted molar refractivity (Wildman–Crippen MR) is 139 cm³/mol. The second kappa shape index (κ2) is 11.1. The molecular formula is C27H41N3O5. The average Bonchev–Trinajstić information content (AvgIpc) is 2.72. The first-order valence-electron chi connectivity index (χ1n) is 12.3. The largest absolute Gasteiger partial charge is 0.491 e. The van der Waals surface area contributed by atoms with E-state index in [-0.39, 0.29) is 23.9 Å². The molecule has 3 N–H and O–H groups in total. The molecule has 0 saturated carbocycles. The van der Waals surface area contributed by atoms with E-state index < -0.39 is 17.5 Å². The molecule has 0 bridgehead atoms. The van der Waals surface area contributed by atoms with Crippen molar-refractivity contribution in [2.24, 2.45) is 11.1 Å². The van der Waals surface area contributed by atoms with E-state index >= 15 is 0 Å². The van der Waals surface area contributed by atoms with Gasteiger partial charge in [0, 0.05) is 23.9 Å². The monoisotopic (exact) mass is 487 g/mol. The van der Waals surface area contributed by atoms with Gasteiger partial charge < -0.3 is 20.1 Å². The Morgan fingerprint density at radius 1 is 1.11 bits per heavy atom. The maximum atomic E-state index is 13.8. The third kappa shape index (κ3) is 7.47. The van der Waals surface area contributed by atoms with Gasteiger partial charge in [-0.25, -0.2) is 4.79 Å². The van der Waals surface area contributed by atoms with E-state index in [9.17, 15) is 19.5 Å². The molecule has 1 aromatic carbocycles. The molecule has 1 heterocycles. The second-order valence-electron chi connectivity index (χ2n) is 11.3. The number of carbonyl (C=O) groups excluding carboxylic acids is 1. The molecule has 0 aliphatic heterocycles. The van der Waals surface area contributed by atoms with E-state index in [0.29, 0.717) is 41.8 Å². The number of benzene rings is 1. The minimum absolute atomic E-state index is 0.00701. The standard InChI is InChI=1S/C27H41N3O5/c1-8-9-14-35-23-20-15-18(11-13-22(28)31)10-12-19(20)24(32)29(17-26(2,3)4)21(23)16-30(25(33)34)27(5,6)7/h10,12,15H,8-9,11,13-14,16-17H2,1-7H3,(H2,28,31)(H,33,34). The molecule has 2 aromatic rings. The van der Waals surface area contributed by atoms with Crippen molar-refractivity contribution in [1.29, 1.82) is 0 Å². The summed E-state index contributed by atoms with van der Waals surface area (Å²) in [5, 5.41) is 11.1. The number of nitrogens with zero attached hydrogens (tertiary/aromatic N) is 2. The minimum atomic E-state index is -1.07. The first-order valence-corrected chi connectivity index (χ1v) is 12.3. The molecule has 8 nitrogen and oxygen atoms in total. The number of hydrogen-bond donors (Lipinski definition) is 2. The zero-order chi connectivity index (χ0) is 26.6. The molecule has 0 atom stereocenters. The van der Waals surface area contributed by atoms with Gasteiger partial charge in [-0.15, -0.1) is 0 Å². The molecule has 0 aliphatic carbocycles. The Balaban J connectivity index is 2.88. The highest BCUT2D eigenvalue weighted by atomic mass is 16.5. The third-order valence-electron chi connectivity index (χ3n) is 5.78. The van der Waals surface area contributed by atoms with Gasteiger partial charge in [-0.2, -0.15) is 0 Å². The number of fused-ring (bicyclic) bond motifs is 1. The normalized spacial score (nSPS) is 12.1. The number of primary amides is 1. The summed E-state index contributed by atoms with van der Waals surface area (Å²) in [5.74, 6) is 0.127. The van der Waals surface area contributed by atoms with Gasteiger partial charge in [0.1, 0.15) is 5.75 Å². The van der Waals surface area contributed by atoms with Crippen LogP contribution in [0, 0.1) is 5.41 Å². The number of aromatic nitrogens is 1. The Morgan fingerprint density at radius 3 is 2.29 bits per heavy atom. The van der Waals surface area contributed by atoms with Gasteiger partial charge in [0.05, 0.1) is 24.2 Å². The summed E-state index contributed by atoms with van der Waals surface area (Å²) in [5.41, 5.74) is 5.63. The van der Waals surface area contributed by atoms with Gasteiger partial charge in [-0.1, -0.05) is 40.2 Å². The number of aryl methyl sites for hydroxylation is 1. The Hall–Kier alpha value is -3.03. The first-order chi connectivity index (χ1) is 16.2. The lowest BCUT2D eigenvalue weighted by atomic mass is 9.95. The highest BCUT2D eigenvalue weighted by Crippen LogP contribution is 2.33. The van der Waals surface area contributed by atoms with E-state index in [2.05, 4.69) is 6.92 Å². The molecule has 8 heteroatoms. The molecule has 1 aromatic heterocycles. The van der Waals surface area contributed by atoms with Gasteiger partial charge >= 0.3 is 6.09 Å². The van der Waals surface area contributed by atoms with Crippen molar-refractivity contribution in [1.82, 2.24) is 9.47 Å². The van der Waals surface area contributed by atoms with Crippen molar-refractivity contribution in [3.05, 3.63) is 39.8 Å². The smallest absolute Gasteiger partial charge is 0.408 e. The summed E-state index contributed by atoms with van der Waals surface area (Å²) in [6, 6.07) is 5.47. The molecule has 0 aliphatic rings. The van der Waals surface area contributed by atoms with Crippen molar-refractivity contribution in [2.45, 2.75) is 92.8 Å². The van der Waals surface area contributed by atoms with Crippen LogP contribution < -0.4 is 16.0 Å². The van der Waals surface area contributed by atoms with Gasteiger partial charge in [0.25, 0.3) is 5.56 Å². The van der Waals surface area contributed by atoms with Crippen LogP contribution in [0.2, 0.25) is 0 Å². The second-order valence-corrected chi connectivity index (χ2v) is 11.3. The topological polar surface area (TPSA) is 115 Å². The lowest BCUT2D eigenvalue weighted by molar-refractivity contribution is -0.118. The van der Waals surface area contributed by atoms with Crippen molar-refractivity contribution in [2.75, 3.05) is 6.61 Å². The number of ether oxygens (including phenoxy) is 1. The summed E-state index contributed by atoms with van der Waals surface area (Å²) < 4.78 is 7.98. The van der Waals surface area contributed by atoms with Crippen molar-refractivity contribution < 1.29 is 19.4 Å². The minimum Gasteiger partial charge on any atom is -0.491 e. The Bertz CT molecular complexity index is 1120. The van der Waals surface area contributed by atoms with Crippen molar-refractivity contribution in [3.63, 3.8) is 0 Å². The third-order valence-corrected chi connectivity index (χ3v) is 5.78. The lowest BCUT2D eigenvalue weighted by Gasteiger charge is -2.35. The van der Waals surface area contributed by atoms with E-state index in [1.165, 1.54) is 4.90 Å². The number of carbonyl (C=O) groups is 2. The number of amides is 2. The SMILES string of the molecule is CCCCOc1c(CN(C(=O)O)C(C)(C)C)n(CC(C)(C)C)c(=O)c2ccc(CCC(N)=O)cc12. The molecule has 0 saturated heterocycles. The van der Waals surface area contributed by atoms with Gasteiger partial charge in [0.2, 0.25) is 5.91 Å². The molecule has 35 heavy (non-hydrogen) atoms. The van der Waals surface area contributed by atoms with Crippen LogP contribution in [0.4, 0.5) is 4.79 Å². The summed E-state index contributed by atoms with van der Waals surface area (Å²) in [6.07, 6.45) is 1.33. The zero-order valence-corrected chi connectivity index (χ0v) is 22.2. The van der Waals surface area contributed by atoms with Crippen LogP contribution >= 0.6 is 0 Å². The predicted octanol–water partition coefficient (Wildman–Crippen LogP) is 4.92. The molecule has 0 unspecified atom stereocenters. The zero-order valence-electron chi connectivity index (χ0n) is 22.2. The lowest BCUT2D eigenvalue weighted by Crippen LogP contribution is -2.45. The number of carboxylic acid groups (broad SMARTS) is 1. The van der Waals surface area contributed by atoms with Crippen LogP contribution in [0.1, 0.15) is 79.0 Å². The Kier molecular flexibility index (Phi) is 8.98. The van der Waals surface area contributed by atoms with Gasteiger partial charge in [-0.05, 0) is 56.7 Å². The van der Waals surface area contributed by atoms with E-state index in [1.54, 1.807) is 10.6 Å². The molecule has 2 rings (SSSR count). The number of hydrogen-bond acceptors (Lipinski definition) is 4. The fourth-order valence-electron chi connectivity index (χ4n) is 3.95. The fraction of sp³-hybridized carbons (Fsp3) is 0.593.